The number of nitrogens with zero attached hydrogens (tertiary/aromatic N) is 2. The van der Waals surface area contributed by atoms with Crippen LogP contribution in [0.25, 0.3) is 21.7 Å². The maximum absolute atomic E-state index is 12.6. The first-order valence-electron chi connectivity index (χ1n) is 8.90. The number of aromatic nitrogens is 1. The molecule has 0 amide bonds. The lowest BCUT2D eigenvalue weighted by Gasteiger charge is -2.08. The van der Waals surface area contributed by atoms with Crippen molar-refractivity contribution in [2.45, 2.75) is 13.8 Å². The molecule has 2 heterocycles. The van der Waals surface area contributed by atoms with E-state index in [1.54, 1.807) is 38.2 Å². The third-order valence-corrected chi connectivity index (χ3v) is 4.49. The van der Waals surface area contributed by atoms with Crippen molar-refractivity contribution in [3.63, 3.8) is 0 Å². The molecular formula is C22H18N2O4. The van der Waals surface area contributed by atoms with Crippen molar-refractivity contribution in [3.05, 3.63) is 65.5 Å². The van der Waals surface area contributed by atoms with Gasteiger partial charge in [-0.15, -0.1) is 0 Å². The van der Waals surface area contributed by atoms with Gasteiger partial charge in [-0.25, -0.2) is 14.8 Å². The van der Waals surface area contributed by atoms with E-state index in [1.165, 1.54) is 6.21 Å². The SMILES string of the molecule is CCOC(=O)c1c(C)oc2c1c(C=Nc1ccccn1)c(O)c1ccccc12. The standard InChI is InChI=1S/C22H18N2O4/c1-3-27-22(26)18-13(2)28-21-15-9-5-4-8-14(15)20(25)16(19(18)21)12-24-17-10-6-7-11-23-17/h4-12,25H,3H2,1-2H3. The van der Waals surface area contributed by atoms with Gasteiger partial charge in [0.25, 0.3) is 0 Å². The summed E-state index contributed by atoms with van der Waals surface area (Å²) in [5.41, 5.74) is 1.19. The predicted molar refractivity (Wildman–Crippen MR) is 108 cm³/mol. The minimum atomic E-state index is -0.499. The molecule has 2 aromatic carbocycles. The van der Waals surface area contributed by atoms with Crippen LogP contribution in [0.5, 0.6) is 5.75 Å². The van der Waals surface area contributed by atoms with Crippen LogP contribution in [-0.4, -0.2) is 28.9 Å². The van der Waals surface area contributed by atoms with E-state index in [-0.39, 0.29) is 12.4 Å². The van der Waals surface area contributed by atoms with E-state index >= 15 is 0 Å². The first kappa shape index (κ1) is 17.7. The lowest BCUT2D eigenvalue weighted by Crippen LogP contribution is -2.06. The number of carbonyl (C=O) groups excluding carboxylic acids is 1. The van der Waals surface area contributed by atoms with Crippen LogP contribution in [-0.2, 0) is 4.74 Å². The fraction of sp³-hybridized carbons (Fsp3) is 0.136. The van der Waals surface area contributed by atoms with Gasteiger partial charge in [0.05, 0.1) is 6.61 Å². The number of fused-ring (bicyclic) bond motifs is 3. The van der Waals surface area contributed by atoms with Gasteiger partial charge in [-0.1, -0.05) is 30.3 Å². The lowest BCUT2D eigenvalue weighted by molar-refractivity contribution is 0.0526. The molecule has 0 fully saturated rings. The van der Waals surface area contributed by atoms with Crippen LogP contribution in [0.4, 0.5) is 5.82 Å². The van der Waals surface area contributed by atoms with Crippen molar-refractivity contribution in [3.8, 4) is 5.75 Å². The Morgan fingerprint density at radius 1 is 1.21 bits per heavy atom. The summed E-state index contributed by atoms with van der Waals surface area (Å²) < 4.78 is 11.1. The Balaban J connectivity index is 2.06. The van der Waals surface area contributed by atoms with Gasteiger partial charge in [-0.3, -0.25) is 0 Å². The van der Waals surface area contributed by atoms with E-state index in [2.05, 4.69) is 9.98 Å². The Morgan fingerprint density at radius 3 is 2.68 bits per heavy atom. The van der Waals surface area contributed by atoms with Crippen LogP contribution in [0.3, 0.4) is 0 Å². The Hall–Kier alpha value is -3.67. The van der Waals surface area contributed by atoms with Crippen LogP contribution in [0.1, 0.15) is 28.6 Å². The normalized spacial score (nSPS) is 11.5. The van der Waals surface area contributed by atoms with Gasteiger partial charge >= 0.3 is 5.97 Å². The molecule has 1 N–H and O–H groups in total. The molecular weight excluding hydrogens is 356 g/mol. The average Bonchev–Trinajstić information content (AvgIpc) is 3.06. The van der Waals surface area contributed by atoms with Gasteiger partial charge in [0.15, 0.2) is 5.82 Å². The van der Waals surface area contributed by atoms with E-state index in [1.807, 2.05) is 24.3 Å². The molecule has 0 aliphatic heterocycles. The number of phenolic OH excluding ortho intramolecular Hbond substituents is 1. The zero-order valence-electron chi connectivity index (χ0n) is 15.5. The van der Waals surface area contributed by atoms with Gasteiger partial charge in [0.1, 0.15) is 22.7 Å². The van der Waals surface area contributed by atoms with Gasteiger partial charge in [-0.2, -0.15) is 0 Å². The summed E-state index contributed by atoms with van der Waals surface area (Å²) in [5.74, 6) is 0.438. The summed E-state index contributed by atoms with van der Waals surface area (Å²) in [4.78, 5) is 21.1. The number of pyridine rings is 1. The second-order valence-corrected chi connectivity index (χ2v) is 6.21. The van der Waals surface area contributed by atoms with Crippen molar-refractivity contribution >= 4 is 39.7 Å². The van der Waals surface area contributed by atoms with Gasteiger partial charge < -0.3 is 14.3 Å². The third-order valence-electron chi connectivity index (χ3n) is 4.49. The van der Waals surface area contributed by atoms with Crippen molar-refractivity contribution in [1.82, 2.24) is 4.98 Å². The topological polar surface area (TPSA) is 84.9 Å². The molecule has 0 radical (unpaired) electrons. The summed E-state index contributed by atoms with van der Waals surface area (Å²) in [7, 11) is 0. The van der Waals surface area contributed by atoms with E-state index < -0.39 is 5.97 Å². The van der Waals surface area contributed by atoms with E-state index in [4.69, 9.17) is 9.15 Å². The van der Waals surface area contributed by atoms with Gasteiger partial charge in [-0.05, 0) is 26.0 Å². The number of aryl methyl sites for hydroxylation is 1. The van der Waals surface area contributed by atoms with Crippen molar-refractivity contribution < 1.29 is 19.1 Å². The number of ether oxygens (including phenoxy) is 1. The molecule has 6 nitrogen and oxygen atoms in total. The average molecular weight is 374 g/mol. The van der Waals surface area contributed by atoms with Crippen molar-refractivity contribution in [1.29, 1.82) is 0 Å². The maximum atomic E-state index is 12.6. The summed E-state index contributed by atoms with van der Waals surface area (Å²) in [6.07, 6.45) is 3.14. The van der Waals surface area contributed by atoms with Gasteiger partial charge in [0.2, 0.25) is 0 Å². The summed E-state index contributed by atoms with van der Waals surface area (Å²) >= 11 is 0. The molecule has 0 saturated carbocycles. The minimum absolute atomic E-state index is 0.0223. The molecule has 0 atom stereocenters. The molecule has 28 heavy (non-hydrogen) atoms. The highest BCUT2D eigenvalue weighted by Gasteiger charge is 2.25. The minimum Gasteiger partial charge on any atom is -0.507 e. The molecule has 0 aliphatic rings. The highest BCUT2D eigenvalue weighted by atomic mass is 16.5. The molecule has 0 aliphatic carbocycles. The van der Waals surface area contributed by atoms with Crippen LogP contribution < -0.4 is 0 Å². The van der Waals surface area contributed by atoms with Gasteiger partial charge in [0, 0.05) is 34.1 Å². The maximum Gasteiger partial charge on any atom is 0.342 e. The molecule has 6 heteroatoms. The molecule has 0 spiro atoms. The Labute approximate surface area is 161 Å². The van der Waals surface area contributed by atoms with Crippen LogP contribution >= 0.6 is 0 Å². The Kier molecular flexibility index (Phi) is 4.53. The molecule has 0 saturated heterocycles. The second kappa shape index (κ2) is 7.15. The number of hydrogen-bond donors (Lipinski definition) is 1. The Bertz CT molecular complexity index is 1210. The quantitative estimate of drug-likeness (QED) is 0.405. The number of furan rings is 1. The lowest BCUT2D eigenvalue weighted by atomic mass is 9.98. The third kappa shape index (κ3) is 2.89. The van der Waals surface area contributed by atoms with E-state index in [0.717, 1.165) is 0 Å². The zero-order valence-corrected chi connectivity index (χ0v) is 15.5. The van der Waals surface area contributed by atoms with Crippen molar-refractivity contribution in [2.24, 2.45) is 4.99 Å². The number of rotatable bonds is 4. The number of carbonyl (C=O) groups is 1. The van der Waals surface area contributed by atoms with E-state index in [9.17, 15) is 9.90 Å². The summed E-state index contributed by atoms with van der Waals surface area (Å²) in [5, 5.41) is 12.8. The highest BCUT2D eigenvalue weighted by Crippen LogP contribution is 2.40. The number of esters is 1. The first-order valence-corrected chi connectivity index (χ1v) is 8.90. The zero-order chi connectivity index (χ0) is 19.7. The van der Waals surface area contributed by atoms with Crippen molar-refractivity contribution in [2.75, 3.05) is 6.61 Å². The Morgan fingerprint density at radius 2 is 1.96 bits per heavy atom. The molecule has 0 bridgehead atoms. The monoisotopic (exact) mass is 374 g/mol. The van der Waals surface area contributed by atoms with Crippen LogP contribution in [0, 0.1) is 6.92 Å². The molecule has 140 valence electrons. The highest BCUT2D eigenvalue weighted by molar-refractivity contribution is 6.21. The van der Waals surface area contributed by atoms with E-state index in [0.29, 0.717) is 44.4 Å². The largest absolute Gasteiger partial charge is 0.507 e. The number of phenols is 1. The van der Waals surface area contributed by atoms with Crippen LogP contribution in [0.2, 0.25) is 0 Å². The summed E-state index contributed by atoms with van der Waals surface area (Å²) in [6, 6.07) is 12.7. The second-order valence-electron chi connectivity index (χ2n) is 6.21. The van der Waals surface area contributed by atoms with Crippen LogP contribution in [0.15, 0.2) is 58.1 Å². The fourth-order valence-electron chi connectivity index (χ4n) is 3.28. The molecule has 4 aromatic rings. The smallest absolute Gasteiger partial charge is 0.342 e. The fourth-order valence-corrected chi connectivity index (χ4v) is 3.28. The predicted octanol–water partition coefficient (Wildman–Crippen LogP) is 4.92. The first-order chi connectivity index (χ1) is 13.6. The molecule has 0 unspecified atom stereocenters. The summed E-state index contributed by atoms with van der Waals surface area (Å²) in [6.45, 7) is 3.69. The number of hydrogen-bond acceptors (Lipinski definition) is 6. The number of aromatic hydroxyl groups is 1. The molecule has 2 aromatic heterocycles. The number of aliphatic imine (C=N–C) groups is 1. The molecule has 4 rings (SSSR count). The number of benzene rings is 2.